The van der Waals surface area contributed by atoms with Crippen molar-refractivity contribution < 1.29 is 14.2 Å². The standard InChI is InChI=1S/C18H22N4O3/c1-12(18-21-20-16-7-5-6-8-22(16)18)19-11-13-9-14(23-2)17(25-4)15(10-13)24-3/h5-10,12,19H,11H2,1-4H3. The second kappa shape index (κ2) is 7.40. The summed E-state index contributed by atoms with van der Waals surface area (Å²) in [5.74, 6) is 2.73. The van der Waals surface area contributed by atoms with Gasteiger partial charge in [-0.1, -0.05) is 6.07 Å². The number of ether oxygens (including phenoxy) is 3. The van der Waals surface area contributed by atoms with Gasteiger partial charge in [0.2, 0.25) is 5.75 Å². The highest BCUT2D eigenvalue weighted by Gasteiger charge is 2.16. The van der Waals surface area contributed by atoms with Crippen LogP contribution in [0, 0.1) is 0 Å². The third-order valence-corrected chi connectivity index (χ3v) is 4.06. The van der Waals surface area contributed by atoms with Gasteiger partial charge in [0.1, 0.15) is 0 Å². The number of pyridine rings is 1. The molecule has 0 radical (unpaired) electrons. The molecule has 3 rings (SSSR count). The molecule has 0 aliphatic rings. The Hall–Kier alpha value is -2.80. The molecule has 2 aromatic heterocycles. The fourth-order valence-electron chi connectivity index (χ4n) is 2.75. The van der Waals surface area contributed by atoms with E-state index >= 15 is 0 Å². The Morgan fingerprint density at radius 2 is 1.76 bits per heavy atom. The van der Waals surface area contributed by atoms with Gasteiger partial charge in [-0.05, 0) is 36.8 Å². The van der Waals surface area contributed by atoms with Gasteiger partial charge in [-0.15, -0.1) is 10.2 Å². The zero-order valence-electron chi connectivity index (χ0n) is 14.8. The van der Waals surface area contributed by atoms with Crippen molar-refractivity contribution in [3.05, 3.63) is 47.9 Å². The fraction of sp³-hybridized carbons (Fsp3) is 0.333. The largest absolute Gasteiger partial charge is 0.493 e. The molecule has 132 valence electrons. The Morgan fingerprint density at radius 1 is 1.04 bits per heavy atom. The zero-order chi connectivity index (χ0) is 17.8. The van der Waals surface area contributed by atoms with Crippen LogP contribution in [-0.4, -0.2) is 35.9 Å². The maximum Gasteiger partial charge on any atom is 0.203 e. The lowest BCUT2D eigenvalue weighted by Crippen LogP contribution is -2.20. The molecule has 2 heterocycles. The Balaban J connectivity index is 1.79. The monoisotopic (exact) mass is 342 g/mol. The Labute approximate surface area is 146 Å². The number of nitrogens with one attached hydrogen (secondary N) is 1. The van der Waals surface area contributed by atoms with Crippen molar-refractivity contribution in [2.24, 2.45) is 0 Å². The summed E-state index contributed by atoms with van der Waals surface area (Å²) in [6.45, 7) is 2.68. The summed E-state index contributed by atoms with van der Waals surface area (Å²) in [4.78, 5) is 0. The number of aromatic nitrogens is 3. The molecule has 1 atom stereocenters. The molecule has 0 aliphatic heterocycles. The number of nitrogens with zero attached hydrogens (tertiary/aromatic N) is 3. The van der Waals surface area contributed by atoms with Gasteiger partial charge in [0.05, 0.1) is 27.4 Å². The predicted octanol–water partition coefficient (Wildman–Crippen LogP) is 2.61. The van der Waals surface area contributed by atoms with Gasteiger partial charge in [-0.3, -0.25) is 4.40 Å². The van der Waals surface area contributed by atoms with Crippen LogP contribution in [0.25, 0.3) is 5.65 Å². The first kappa shape index (κ1) is 17.0. The number of methoxy groups -OCH3 is 3. The van der Waals surface area contributed by atoms with E-state index < -0.39 is 0 Å². The number of hydrogen-bond acceptors (Lipinski definition) is 6. The summed E-state index contributed by atoms with van der Waals surface area (Å²) in [5.41, 5.74) is 1.86. The van der Waals surface area contributed by atoms with Crippen LogP contribution < -0.4 is 19.5 Å². The fourth-order valence-corrected chi connectivity index (χ4v) is 2.75. The van der Waals surface area contributed by atoms with Crippen LogP contribution in [0.15, 0.2) is 36.5 Å². The highest BCUT2D eigenvalue weighted by Crippen LogP contribution is 2.38. The van der Waals surface area contributed by atoms with Gasteiger partial charge < -0.3 is 19.5 Å². The Morgan fingerprint density at radius 3 is 2.40 bits per heavy atom. The van der Waals surface area contributed by atoms with Crippen LogP contribution in [-0.2, 0) is 6.54 Å². The van der Waals surface area contributed by atoms with E-state index in [1.807, 2.05) is 40.9 Å². The molecule has 0 saturated carbocycles. The molecule has 0 spiro atoms. The molecule has 0 aliphatic carbocycles. The average Bonchev–Trinajstić information content (AvgIpc) is 3.09. The van der Waals surface area contributed by atoms with Crippen LogP contribution in [0.4, 0.5) is 0 Å². The lowest BCUT2D eigenvalue weighted by atomic mass is 10.1. The zero-order valence-corrected chi connectivity index (χ0v) is 14.8. The van der Waals surface area contributed by atoms with Crippen LogP contribution in [0.5, 0.6) is 17.2 Å². The normalized spacial score (nSPS) is 12.2. The molecule has 0 bridgehead atoms. The third kappa shape index (κ3) is 3.36. The number of hydrogen-bond donors (Lipinski definition) is 1. The van der Waals surface area contributed by atoms with E-state index in [-0.39, 0.29) is 6.04 Å². The highest BCUT2D eigenvalue weighted by molar-refractivity contribution is 5.53. The van der Waals surface area contributed by atoms with Crippen LogP contribution in [0.2, 0.25) is 0 Å². The Bertz CT molecular complexity index is 837. The van der Waals surface area contributed by atoms with Crippen molar-refractivity contribution in [3.8, 4) is 17.2 Å². The van der Waals surface area contributed by atoms with Crippen LogP contribution >= 0.6 is 0 Å². The van der Waals surface area contributed by atoms with E-state index in [0.29, 0.717) is 23.8 Å². The minimum absolute atomic E-state index is 0.0245. The predicted molar refractivity (Wildman–Crippen MR) is 94.3 cm³/mol. The van der Waals surface area contributed by atoms with Gasteiger partial charge in [0, 0.05) is 12.7 Å². The van der Waals surface area contributed by atoms with Gasteiger partial charge in [0.15, 0.2) is 23.0 Å². The molecular weight excluding hydrogens is 320 g/mol. The minimum atomic E-state index is 0.0245. The Kier molecular flexibility index (Phi) is 5.04. The van der Waals surface area contributed by atoms with Gasteiger partial charge in [-0.25, -0.2) is 0 Å². The number of fused-ring (bicyclic) bond motifs is 1. The number of rotatable bonds is 7. The first-order valence-electron chi connectivity index (χ1n) is 7.99. The first-order valence-corrected chi connectivity index (χ1v) is 7.99. The minimum Gasteiger partial charge on any atom is -0.493 e. The summed E-state index contributed by atoms with van der Waals surface area (Å²) < 4.78 is 18.1. The van der Waals surface area contributed by atoms with Crippen molar-refractivity contribution in [1.29, 1.82) is 0 Å². The molecule has 1 N–H and O–H groups in total. The van der Waals surface area contributed by atoms with E-state index in [4.69, 9.17) is 14.2 Å². The highest BCUT2D eigenvalue weighted by atomic mass is 16.5. The molecule has 3 aromatic rings. The maximum atomic E-state index is 5.40. The molecule has 7 nitrogen and oxygen atoms in total. The molecule has 1 aromatic carbocycles. The summed E-state index contributed by atoms with van der Waals surface area (Å²) in [6.07, 6.45) is 1.96. The maximum absolute atomic E-state index is 5.40. The summed E-state index contributed by atoms with van der Waals surface area (Å²) >= 11 is 0. The lowest BCUT2D eigenvalue weighted by molar-refractivity contribution is 0.323. The van der Waals surface area contributed by atoms with Crippen molar-refractivity contribution in [2.45, 2.75) is 19.5 Å². The van der Waals surface area contributed by atoms with Crippen LogP contribution in [0.3, 0.4) is 0 Å². The van der Waals surface area contributed by atoms with Crippen molar-refractivity contribution in [2.75, 3.05) is 21.3 Å². The van der Waals surface area contributed by atoms with E-state index in [1.54, 1.807) is 21.3 Å². The average molecular weight is 342 g/mol. The molecule has 1 unspecified atom stereocenters. The first-order chi connectivity index (χ1) is 12.2. The molecule has 0 amide bonds. The van der Waals surface area contributed by atoms with Crippen LogP contribution in [0.1, 0.15) is 24.4 Å². The SMILES string of the molecule is COc1cc(CNC(C)c2nnc3ccccn23)cc(OC)c1OC. The van der Waals surface area contributed by atoms with E-state index in [0.717, 1.165) is 17.0 Å². The topological polar surface area (TPSA) is 69.9 Å². The van der Waals surface area contributed by atoms with Crippen molar-refractivity contribution in [1.82, 2.24) is 19.9 Å². The molecular formula is C18H22N4O3. The molecule has 7 heteroatoms. The van der Waals surface area contributed by atoms with Gasteiger partial charge in [-0.2, -0.15) is 0 Å². The van der Waals surface area contributed by atoms with Crippen molar-refractivity contribution >= 4 is 5.65 Å². The molecule has 25 heavy (non-hydrogen) atoms. The van der Waals surface area contributed by atoms with E-state index in [2.05, 4.69) is 22.4 Å². The summed E-state index contributed by atoms with van der Waals surface area (Å²) in [5, 5.41) is 11.9. The summed E-state index contributed by atoms with van der Waals surface area (Å²) in [6, 6.07) is 9.73. The molecule has 0 saturated heterocycles. The lowest BCUT2D eigenvalue weighted by Gasteiger charge is -2.16. The molecule has 0 fully saturated rings. The quantitative estimate of drug-likeness (QED) is 0.712. The number of benzene rings is 1. The smallest absolute Gasteiger partial charge is 0.203 e. The van der Waals surface area contributed by atoms with Crippen molar-refractivity contribution in [3.63, 3.8) is 0 Å². The van der Waals surface area contributed by atoms with Gasteiger partial charge in [0.25, 0.3) is 0 Å². The van der Waals surface area contributed by atoms with E-state index in [1.165, 1.54) is 0 Å². The van der Waals surface area contributed by atoms with E-state index in [9.17, 15) is 0 Å². The summed E-state index contributed by atoms with van der Waals surface area (Å²) in [7, 11) is 4.82. The third-order valence-electron chi connectivity index (χ3n) is 4.06. The van der Waals surface area contributed by atoms with Gasteiger partial charge >= 0.3 is 0 Å². The second-order valence-corrected chi connectivity index (χ2v) is 5.62. The second-order valence-electron chi connectivity index (χ2n) is 5.62.